The summed E-state index contributed by atoms with van der Waals surface area (Å²) in [6.45, 7) is 9.16. The van der Waals surface area contributed by atoms with Crippen LogP contribution in [-0.2, 0) is 6.54 Å². The molecule has 0 radical (unpaired) electrons. The number of aromatic nitrogens is 1. The van der Waals surface area contributed by atoms with Crippen LogP contribution < -0.4 is 10.2 Å². The van der Waals surface area contributed by atoms with E-state index < -0.39 is 0 Å². The van der Waals surface area contributed by atoms with E-state index in [1.807, 2.05) is 31.2 Å². The second-order valence-corrected chi connectivity index (χ2v) is 6.53. The summed E-state index contributed by atoms with van der Waals surface area (Å²) in [7, 11) is 0. The zero-order valence-corrected chi connectivity index (χ0v) is 15.3. The van der Waals surface area contributed by atoms with Gasteiger partial charge < -0.3 is 15.1 Å². The molecule has 1 aromatic carbocycles. The number of halogens is 1. The first kappa shape index (κ1) is 18.2. The maximum Gasteiger partial charge on any atom is 0.146 e. The predicted molar refractivity (Wildman–Crippen MR) is 102 cm³/mol. The maximum absolute atomic E-state index is 14.6. The minimum atomic E-state index is -0.191. The Balaban J connectivity index is 1.64. The fourth-order valence-electron chi connectivity index (χ4n) is 3.15. The zero-order valence-electron chi connectivity index (χ0n) is 15.3. The van der Waals surface area contributed by atoms with E-state index in [-0.39, 0.29) is 5.82 Å². The first-order valence-corrected chi connectivity index (χ1v) is 8.98. The van der Waals surface area contributed by atoms with Crippen LogP contribution in [0.15, 0.2) is 30.3 Å². The number of aryl methyl sites for hydroxylation is 1. The predicted octanol–water partition coefficient (Wildman–Crippen LogP) is 3.15. The van der Waals surface area contributed by atoms with Crippen LogP contribution >= 0.6 is 0 Å². The molecule has 0 unspecified atom stereocenters. The van der Waals surface area contributed by atoms with Crippen molar-refractivity contribution in [2.75, 3.05) is 42.9 Å². The summed E-state index contributed by atoms with van der Waals surface area (Å²) in [6.07, 6.45) is 0. The van der Waals surface area contributed by atoms with Gasteiger partial charge in [-0.3, -0.25) is 0 Å². The standard InChI is InChI=1S/C20H24FN5/c1-3-25-8-10-26(11-9-25)19-6-5-16(12-17(19)21)14-23-20-7-4-15(2)18(13-22)24-20/h4-7,12H,3,8-11,14H2,1-2H3,(H,23,24). The van der Waals surface area contributed by atoms with Gasteiger partial charge in [0.15, 0.2) is 0 Å². The molecule has 0 atom stereocenters. The number of hydrogen-bond acceptors (Lipinski definition) is 5. The van der Waals surface area contributed by atoms with Crippen molar-refractivity contribution in [2.24, 2.45) is 0 Å². The molecule has 1 aromatic heterocycles. The number of nitriles is 1. The highest BCUT2D eigenvalue weighted by Gasteiger charge is 2.18. The SMILES string of the molecule is CCN1CCN(c2ccc(CNc3ccc(C)c(C#N)n3)cc2F)CC1. The topological polar surface area (TPSA) is 55.2 Å². The molecular formula is C20H24FN5. The number of rotatable bonds is 5. The van der Waals surface area contributed by atoms with Crippen LogP contribution in [0.25, 0.3) is 0 Å². The van der Waals surface area contributed by atoms with E-state index in [4.69, 9.17) is 5.26 Å². The molecule has 6 heteroatoms. The van der Waals surface area contributed by atoms with Gasteiger partial charge in [0.05, 0.1) is 5.69 Å². The number of piperazine rings is 1. The summed E-state index contributed by atoms with van der Waals surface area (Å²) < 4.78 is 14.6. The lowest BCUT2D eigenvalue weighted by Gasteiger charge is -2.35. The lowest BCUT2D eigenvalue weighted by molar-refractivity contribution is 0.270. The highest BCUT2D eigenvalue weighted by molar-refractivity contribution is 5.50. The molecule has 1 saturated heterocycles. The van der Waals surface area contributed by atoms with Gasteiger partial charge >= 0.3 is 0 Å². The summed E-state index contributed by atoms with van der Waals surface area (Å²) in [4.78, 5) is 8.74. The zero-order chi connectivity index (χ0) is 18.5. The molecule has 5 nitrogen and oxygen atoms in total. The Bertz CT molecular complexity index is 806. The average molecular weight is 353 g/mol. The van der Waals surface area contributed by atoms with Crippen LogP contribution in [0.5, 0.6) is 0 Å². The van der Waals surface area contributed by atoms with Crippen molar-refractivity contribution in [1.29, 1.82) is 5.26 Å². The molecule has 2 heterocycles. The average Bonchev–Trinajstić information content (AvgIpc) is 2.67. The van der Waals surface area contributed by atoms with Crippen LogP contribution in [-0.4, -0.2) is 42.6 Å². The van der Waals surface area contributed by atoms with E-state index in [9.17, 15) is 4.39 Å². The molecule has 0 bridgehead atoms. The molecule has 0 amide bonds. The summed E-state index contributed by atoms with van der Waals surface area (Å²) in [6, 6.07) is 11.1. The molecule has 1 aliphatic rings. The molecule has 2 aromatic rings. The second kappa shape index (κ2) is 8.15. The normalized spacial score (nSPS) is 14.9. The largest absolute Gasteiger partial charge is 0.367 e. The van der Waals surface area contributed by atoms with Gasteiger partial charge in [-0.2, -0.15) is 5.26 Å². The third-order valence-corrected chi connectivity index (χ3v) is 4.85. The van der Waals surface area contributed by atoms with Gasteiger partial charge in [0, 0.05) is 32.7 Å². The first-order valence-electron chi connectivity index (χ1n) is 8.98. The van der Waals surface area contributed by atoms with Crippen LogP contribution in [0.1, 0.15) is 23.7 Å². The summed E-state index contributed by atoms with van der Waals surface area (Å²) in [5, 5.41) is 12.2. The number of anilines is 2. The Morgan fingerprint density at radius 3 is 2.62 bits per heavy atom. The van der Waals surface area contributed by atoms with Gasteiger partial charge in [0.1, 0.15) is 23.4 Å². The smallest absolute Gasteiger partial charge is 0.146 e. The lowest BCUT2D eigenvalue weighted by atomic mass is 10.1. The molecule has 1 N–H and O–H groups in total. The third-order valence-electron chi connectivity index (χ3n) is 4.85. The van der Waals surface area contributed by atoms with E-state index in [0.717, 1.165) is 43.9 Å². The number of nitrogens with zero attached hydrogens (tertiary/aromatic N) is 4. The molecule has 0 spiro atoms. The summed E-state index contributed by atoms with van der Waals surface area (Å²) in [5.74, 6) is 0.427. The van der Waals surface area contributed by atoms with Crippen molar-refractivity contribution in [3.63, 3.8) is 0 Å². The molecule has 26 heavy (non-hydrogen) atoms. The van der Waals surface area contributed by atoms with Gasteiger partial charge in [-0.05, 0) is 42.8 Å². The van der Waals surface area contributed by atoms with Crippen LogP contribution in [0.3, 0.4) is 0 Å². The number of likely N-dealkylation sites (N-methyl/N-ethyl adjacent to an activating group) is 1. The van der Waals surface area contributed by atoms with E-state index >= 15 is 0 Å². The number of hydrogen-bond donors (Lipinski definition) is 1. The molecule has 1 fully saturated rings. The Morgan fingerprint density at radius 1 is 1.19 bits per heavy atom. The summed E-state index contributed by atoms with van der Waals surface area (Å²) >= 11 is 0. The van der Waals surface area contributed by atoms with E-state index in [2.05, 4.69) is 33.1 Å². The maximum atomic E-state index is 14.6. The number of benzene rings is 1. The van der Waals surface area contributed by atoms with E-state index in [0.29, 0.717) is 23.7 Å². The van der Waals surface area contributed by atoms with Crippen molar-refractivity contribution in [3.05, 3.63) is 53.0 Å². The molecule has 136 valence electrons. The monoisotopic (exact) mass is 353 g/mol. The van der Waals surface area contributed by atoms with Crippen LogP contribution in [0.4, 0.5) is 15.9 Å². The first-order chi connectivity index (χ1) is 12.6. The molecular weight excluding hydrogens is 329 g/mol. The van der Waals surface area contributed by atoms with Crippen molar-refractivity contribution in [3.8, 4) is 6.07 Å². The molecule has 1 aliphatic heterocycles. The Kier molecular flexibility index (Phi) is 5.69. The Hall–Kier alpha value is -2.65. The van der Waals surface area contributed by atoms with Gasteiger partial charge in [0.2, 0.25) is 0 Å². The third kappa shape index (κ3) is 4.12. The highest BCUT2D eigenvalue weighted by Crippen LogP contribution is 2.22. The van der Waals surface area contributed by atoms with E-state index in [1.165, 1.54) is 0 Å². The quantitative estimate of drug-likeness (QED) is 0.895. The van der Waals surface area contributed by atoms with E-state index in [1.54, 1.807) is 6.07 Å². The fourth-order valence-corrected chi connectivity index (χ4v) is 3.15. The highest BCUT2D eigenvalue weighted by atomic mass is 19.1. The van der Waals surface area contributed by atoms with Crippen molar-refractivity contribution in [1.82, 2.24) is 9.88 Å². The van der Waals surface area contributed by atoms with Gasteiger partial charge in [-0.15, -0.1) is 0 Å². The van der Waals surface area contributed by atoms with Crippen molar-refractivity contribution >= 4 is 11.5 Å². The lowest BCUT2D eigenvalue weighted by Crippen LogP contribution is -2.46. The van der Waals surface area contributed by atoms with Gasteiger partial charge in [-0.1, -0.05) is 19.1 Å². The van der Waals surface area contributed by atoms with Crippen LogP contribution in [0.2, 0.25) is 0 Å². The van der Waals surface area contributed by atoms with Gasteiger partial charge in [0.25, 0.3) is 0 Å². The van der Waals surface area contributed by atoms with Crippen molar-refractivity contribution < 1.29 is 4.39 Å². The fraction of sp³-hybridized carbons (Fsp3) is 0.400. The van der Waals surface area contributed by atoms with Crippen molar-refractivity contribution in [2.45, 2.75) is 20.4 Å². The Morgan fingerprint density at radius 2 is 1.96 bits per heavy atom. The Labute approximate surface area is 154 Å². The number of pyridine rings is 1. The molecule has 0 saturated carbocycles. The molecule has 3 rings (SSSR count). The van der Waals surface area contributed by atoms with Crippen LogP contribution in [0, 0.1) is 24.1 Å². The molecule has 0 aliphatic carbocycles. The minimum absolute atomic E-state index is 0.191. The number of nitrogens with one attached hydrogen (secondary N) is 1. The second-order valence-electron chi connectivity index (χ2n) is 6.53. The van der Waals surface area contributed by atoms with Gasteiger partial charge in [-0.25, -0.2) is 9.37 Å². The summed E-state index contributed by atoms with van der Waals surface area (Å²) in [5.41, 5.74) is 2.77. The minimum Gasteiger partial charge on any atom is -0.367 e.